The van der Waals surface area contributed by atoms with Crippen LogP contribution in [0.25, 0.3) is 0 Å². The van der Waals surface area contributed by atoms with Crippen LogP contribution in [-0.2, 0) is 5.41 Å². The Morgan fingerprint density at radius 1 is 1.15 bits per heavy atom. The van der Waals surface area contributed by atoms with Gasteiger partial charge in [0.05, 0.1) is 0 Å². The van der Waals surface area contributed by atoms with Crippen molar-refractivity contribution in [2.75, 3.05) is 5.32 Å². The maximum atomic E-state index is 13.1. The Bertz CT molecular complexity index is 692. The standard InChI is InChI=1S/C13H14F2N4O/c1-13(2,3)10-11(20)17-12(19-18-10)16-7-4-5-8(14)9(15)6-7/h4-6H,1-3H3,(H2,16,17,19,20). The van der Waals surface area contributed by atoms with Gasteiger partial charge in [-0.05, 0) is 12.1 Å². The van der Waals surface area contributed by atoms with Gasteiger partial charge in [-0.1, -0.05) is 20.8 Å². The van der Waals surface area contributed by atoms with Crippen molar-refractivity contribution in [2.24, 2.45) is 0 Å². The molecule has 0 bridgehead atoms. The van der Waals surface area contributed by atoms with Gasteiger partial charge in [-0.15, -0.1) is 10.2 Å². The van der Waals surface area contributed by atoms with Gasteiger partial charge in [0, 0.05) is 17.2 Å². The van der Waals surface area contributed by atoms with Gasteiger partial charge in [0.1, 0.15) is 5.69 Å². The molecule has 0 fully saturated rings. The van der Waals surface area contributed by atoms with Gasteiger partial charge in [0.2, 0.25) is 5.95 Å². The molecular formula is C13H14F2N4O. The lowest BCUT2D eigenvalue weighted by Crippen LogP contribution is -2.28. The van der Waals surface area contributed by atoms with E-state index in [0.29, 0.717) is 5.69 Å². The van der Waals surface area contributed by atoms with Crippen LogP contribution in [0.4, 0.5) is 20.4 Å². The van der Waals surface area contributed by atoms with Gasteiger partial charge in [0.25, 0.3) is 5.56 Å². The summed E-state index contributed by atoms with van der Waals surface area (Å²) in [5, 5.41) is 10.3. The molecule has 0 unspecified atom stereocenters. The van der Waals surface area contributed by atoms with Gasteiger partial charge >= 0.3 is 0 Å². The second-order valence-electron chi connectivity index (χ2n) is 5.36. The molecule has 5 nitrogen and oxygen atoms in total. The Morgan fingerprint density at radius 3 is 2.40 bits per heavy atom. The summed E-state index contributed by atoms with van der Waals surface area (Å²) in [6, 6.07) is 3.27. The number of aromatic amines is 1. The van der Waals surface area contributed by atoms with Crippen LogP contribution in [0, 0.1) is 11.6 Å². The van der Waals surface area contributed by atoms with Gasteiger partial charge in [-0.2, -0.15) is 0 Å². The molecule has 1 heterocycles. The minimum absolute atomic E-state index is 0.0639. The highest BCUT2D eigenvalue weighted by Crippen LogP contribution is 2.17. The first-order chi connectivity index (χ1) is 9.27. The van der Waals surface area contributed by atoms with E-state index in [-0.39, 0.29) is 17.2 Å². The lowest BCUT2D eigenvalue weighted by molar-refractivity contribution is 0.509. The summed E-state index contributed by atoms with van der Waals surface area (Å²) in [4.78, 5) is 14.4. The zero-order chi connectivity index (χ0) is 14.9. The minimum atomic E-state index is -0.989. The topological polar surface area (TPSA) is 70.7 Å². The number of nitrogens with one attached hydrogen (secondary N) is 2. The number of rotatable bonds is 2. The fourth-order valence-corrected chi connectivity index (χ4v) is 1.59. The van der Waals surface area contributed by atoms with Crippen LogP contribution in [0.2, 0.25) is 0 Å². The Hall–Kier alpha value is -2.31. The fourth-order valence-electron chi connectivity index (χ4n) is 1.59. The molecule has 0 amide bonds. The summed E-state index contributed by atoms with van der Waals surface area (Å²) in [5.74, 6) is -1.87. The van der Waals surface area contributed by atoms with Gasteiger partial charge < -0.3 is 5.32 Å². The molecule has 2 aromatic rings. The van der Waals surface area contributed by atoms with Crippen molar-refractivity contribution >= 4 is 11.6 Å². The third-order valence-corrected chi connectivity index (χ3v) is 2.59. The smallest absolute Gasteiger partial charge is 0.274 e. The highest BCUT2D eigenvalue weighted by molar-refractivity contribution is 5.52. The summed E-state index contributed by atoms with van der Waals surface area (Å²) < 4.78 is 25.9. The van der Waals surface area contributed by atoms with Crippen LogP contribution < -0.4 is 10.9 Å². The van der Waals surface area contributed by atoms with E-state index < -0.39 is 17.0 Å². The molecule has 106 valence electrons. The molecule has 7 heteroatoms. The maximum absolute atomic E-state index is 13.1. The molecule has 0 atom stereocenters. The van der Waals surface area contributed by atoms with E-state index in [0.717, 1.165) is 12.1 Å². The van der Waals surface area contributed by atoms with Crippen molar-refractivity contribution in [1.82, 2.24) is 15.2 Å². The minimum Gasteiger partial charge on any atom is -0.324 e. The summed E-state index contributed by atoms with van der Waals surface area (Å²) in [6.07, 6.45) is 0. The molecule has 0 radical (unpaired) electrons. The third-order valence-electron chi connectivity index (χ3n) is 2.59. The number of H-pyrrole nitrogens is 1. The first-order valence-electron chi connectivity index (χ1n) is 5.97. The molecule has 0 spiro atoms. The summed E-state index contributed by atoms with van der Waals surface area (Å²) in [7, 11) is 0. The number of anilines is 2. The van der Waals surface area contributed by atoms with Crippen LogP contribution in [0.15, 0.2) is 23.0 Å². The Kier molecular flexibility index (Phi) is 3.52. The predicted molar refractivity (Wildman–Crippen MR) is 71.0 cm³/mol. The molecule has 20 heavy (non-hydrogen) atoms. The zero-order valence-electron chi connectivity index (χ0n) is 11.3. The molecule has 0 saturated carbocycles. The van der Waals surface area contributed by atoms with Crippen LogP contribution in [-0.4, -0.2) is 15.2 Å². The SMILES string of the molecule is CC(C)(C)c1nnc(Nc2ccc(F)c(F)c2)[nH]c1=O. The van der Waals surface area contributed by atoms with Gasteiger partial charge in [-0.25, -0.2) is 8.78 Å². The molecule has 0 aliphatic carbocycles. The second-order valence-corrected chi connectivity index (χ2v) is 5.36. The normalized spacial score (nSPS) is 11.4. The van der Waals surface area contributed by atoms with E-state index in [4.69, 9.17) is 0 Å². The van der Waals surface area contributed by atoms with Crippen molar-refractivity contribution in [3.05, 3.63) is 45.9 Å². The van der Waals surface area contributed by atoms with Crippen LogP contribution in [0.1, 0.15) is 26.5 Å². The van der Waals surface area contributed by atoms with Crippen molar-refractivity contribution in [3.63, 3.8) is 0 Å². The number of aromatic nitrogens is 3. The Morgan fingerprint density at radius 2 is 1.85 bits per heavy atom. The van der Waals surface area contributed by atoms with Crippen molar-refractivity contribution < 1.29 is 8.78 Å². The molecule has 1 aromatic heterocycles. The molecule has 0 aliphatic rings. The molecular weight excluding hydrogens is 266 g/mol. The number of nitrogens with zero attached hydrogens (tertiary/aromatic N) is 2. The van der Waals surface area contributed by atoms with E-state index in [1.807, 2.05) is 20.8 Å². The van der Waals surface area contributed by atoms with E-state index >= 15 is 0 Å². The third kappa shape index (κ3) is 2.98. The van der Waals surface area contributed by atoms with Crippen molar-refractivity contribution in [3.8, 4) is 0 Å². The van der Waals surface area contributed by atoms with Crippen LogP contribution in [0.3, 0.4) is 0 Å². The largest absolute Gasteiger partial charge is 0.324 e. The van der Waals surface area contributed by atoms with E-state index in [1.54, 1.807) is 0 Å². The monoisotopic (exact) mass is 280 g/mol. The number of halogens is 2. The molecule has 1 aromatic carbocycles. The Labute approximate surface area is 114 Å². The number of hydrogen-bond donors (Lipinski definition) is 2. The predicted octanol–water partition coefficient (Wildman–Crippen LogP) is 2.48. The molecule has 0 aliphatic heterocycles. The summed E-state index contributed by atoms with van der Waals surface area (Å²) >= 11 is 0. The highest BCUT2D eigenvalue weighted by atomic mass is 19.2. The van der Waals surface area contributed by atoms with Gasteiger partial charge in [-0.3, -0.25) is 9.78 Å². The average molecular weight is 280 g/mol. The lowest BCUT2D eigenvalue weighted by atomic mass is 9.93. The lowest BCUT2D eigenvalue weighted by Gasteiger charge is -2.15. The number of benzene rings is 1. The quantitative estimate of drug-likeness (QED) is 0.886. The van der Waals surface area contributed by atoms with Crippen molar-refractivity contribution in [1.29, 1.82) is 0 Å². The van der Waals surface area contributed by atoms with Gasteiger partial charge in [0.15, 0.2) is 11.6 Å². The fraction of sp³-hybridized carbons (Fsp3) is 0.308. The summed E-state index contributed by atoms with van der Waals surface area (Å²) in [5.41, 5.74) is -0.246. The van der Waals surface area contributed by atoms with Crippen molar-refractivity contribution in [2.45, 2.75) is 26.2 Å². The maximum Gasteiger partial charge on any atom is 0.274 e. The van der Waals surface area contributed by atoms with E-state index in [2.05, 4.69) is 20.5 Å². The second kappa shape index (κ2) is 4.99. The molecule has 2 rings (SSSR count). The van der Waals surface area contributed by atoms with Crippen LogP contribution in [0.5, 0.6) is 0 Å². The first-order valence-corrected chi connectivity index (χ1v) is 5.97. The molecule has 2 N–H and O–H groups in total. The van der Waals surface area contributed by atoms with E-state index in [1.165, 1.54) is 6.07 Å². The highest BCUT2D eigenvalue weighted by Gasteiger charge is 2.20. The zero-order valence-corrected chi connectivity index (χ0v) is 11.3. The molecule has 0 saturated heterocycles. The van der Waals surface area contributed by atoms with E-state index in [9.17, 15) is 13.6 Å². The summed E-state index contributed by atoms with van der Waals surface area (Å²) in [6.45, 7) is 5.53. The number of hydrogen-bond acceptors (Lipinski definition) is 4. The Balaban J connectivity index is 2.29. The average Bonchev–Trinajstić information content (AvgIpc) is 2.32. The first kappa shape index (κ1) is 14.1. The van der Waals surface area contributed by atoms with Crippen LogP contribution >= 0.6 is 0 Å².